The maximum atomic E-state index is 10.6. The molecular formula is C26H25F6N5O6. The number of piperidine rings is 1. The predicted molar refractivity (Wildman–Crippen MR) is 138 cm³/mol. The van der Waals surface area contributed by atoms with E-state index in [-0.39, 0.29) is 5.60 Å². The number of methoxy groups -OCH3 is 1. The Morgan fingerprint density at radius 3 is 2.14 bits per heavy atom. The highest BCUT2D eigenvalue weighted by Crippen LogP contribution is 2.30. The number of benzene rings is 1. The van der Waals surface area contributed by atoms with E-state index in [9.17, 15) is 26.3 Å². The minimum absolute atomic E-state index is 0.256. The first-order chi connectivity index (χ1) is 20.2. The average molecular weight is 618 g/mol. The number of pyridine rings is 2. The number of halogens is 6. The van der Waals surface area contributed by atoms with Crippen molar-refractivity contribution in [2.45, 2.75) is 30.8 Å². The molecule has 232 valence electrons. The summed E-state index contributed by atoms with van der Waals surface area (Å²) >= 11 is 0. The lowest BCUT2D eigenvalue weighted by Gasteiger charge is -2.36. The Hall–Kier alpha value is -4.51. The largest absolute Gasteiger partial charge is 0.490 e. The molecule has 4 aromatic rings. The normalized spacial score (nSPS) is 14.7. The number of ether oxygens (including phenoxy) is 2. The number of alkyl halides is 6. The fourth-order valence-corrected chi connectivity index (χ4v) is 3.88. The minimum Gasteiger partial charge on any atom is -0.488 e. The zero-order valence-corrected chi connectivity index (χ0v) is 22.3. The summed E-state index contributed by atoms with van der Waals surface area (Å²) in [5, 5.41) is 27.2. The molecule has 4 heterocycles. The van der Waals surface area contributed by atoms with Gasteiger partial charge in [-0.3, -0.25) is 4.40 Å². The van der Waals surface area contributed by atoms with Crippen molar-refractivity contribution >= 4 is 28.5 Å². The van der Waals surface area contributed by atoms with E-state index in [0.717, 1.165) is 53.9 Å². The van der Waals surface area contributed by atoms with Crippen molar-refractivity contribution in [3.05, 3.63) is 54.7 Å². The van der Waals surface area contributed by atoms with Crippen molar-refractivity contribution in [1.82, 2.24) is 24.9 Å². The second-order valence-electron chi connectivity index (χ2n) is 9.01. The van der Waals surface area contributed by atoms with Crippen molar-refractivity contribution in [2.75, 3.05) is 26.8 Å². The Kier molecular flexibility index (Phi) is 10.5. The molecule has 0 bridgehead atoms. The van der Waals surface area contributed by atoms with Gasteiger partial charge in [-0.1, -0.05) is 24.3 Å². The van der Waals surface area contributed by atoms with Crippen molar-refractivity contribution in [3.8, 4) is 17.3 Å². The number of hydrogen-bond donors (Lipinski definition) is 3. The molecule has 11 nitrogen and oxygen atoms in total. The molecule has 3 N–H and O–H groups in total. The van der Waals surface area contributed by atoms with Crippen LogP contribution in [0, 0.1) is 0 Å². The molecule has 43 heavy (non-hydrogen) atoms. The van der Waals surface area contributed by atoms with Gasteiger partial charge in [-0.25, -0.2) is 14.6 Å². The zero-order valence-electron chi connectivity index (χ0n) is 22.3. The molecule has 1 saturated heterocycles. The molecule has 17 heteroatoms. The molecule has 1 fully saturated rings. The Morgan fingerprint density at radius 2 is 1.56 bits per heavy atom. The average Bonchev–Trinajstić information content (AvgIpc) is 3.40. The maximum Gasteiger partial charge on any atom is 0.490 e. The standard InChI is InChI=1S/C22H23N5O2.2C2HF3O2/c1-28-22(10-12-23-13-11-22)15-29-18-6-4-5-16-8-9-17(24-20(16)18)21-26-25-19-7-2-3-14-27(19)21;2*3-2(4,5)1(6)7/h2-9,14,23H,10-13,15H2,1H3;2*(H,6,7). The van der Waals surface area contributed by atoms with E-state index in [4.69, 9.17) is 34.3 Å². The van der Waals surface area contributed by atoms with Crippen LogP contribution in [-0.2, 0) is 14.3 Å². The number of nitrogens with one attached hydrogen (secondary N) is 1. The molecule has 3 aromatic heterocycles. The second-order valence-corrected chi connectivity index (χ2v) is 9.01. The summed E-state index contributed by atoms with van der Waals surface area (Å²) in [4.78, 5) is 22.7. The lowest BCUT2D eigenvalue weighted by atomic mass is 9.93. The van der Waals surface area contributed by atoms with Crippen LogP contribution >= 0.6 is 0 Å². The van der Waals surface area contributed by atoms with Crippen molar-refractivity contribution < 1.29 is 55.6 Å². The topological polar surface area (TPSA) is 148 Å². The van der Waals surface area contributed by atoms with Gasteiger partial charge >= 0.3 is 24.3 Å². The van der Waals surface area contributed by atoms with E-state index in [2.05, 4.69) is 15.5 Å². The summed E-state index contributed by atoms with van der Waals surface area (Å²) in [6, 6.07) is 15.8. The molecule has 0 spiro atoms. The molecule has 1 aliphatic heterocycles. The van der Waals surface area contributed by atoms with E-state index in [1.807, 2.05) is 59.1 Å². The van der Waals surface area contributed by atoms with Gasteiger partial charge in [0.05, 0.1) is 0 Å². The van der Waals surface area contributed by atoms with Crippen LogP contribution in [0.25, 0.3) is 28.1 Å². The molecule has 1 aromatic carbocycles. The Balaban J connectivity index is 0.000000303. The van der Waals surface area contributed by atoms with Crippen LogP contribution < -0.4 is 10.1 Å². The molecule has 5 rings (SSSR count). The lowest BCUT2D eigenvalue weighted by Crippen LogP contribution is -2.47. The highest BCUT2D eigenvalue weighted by Gasteiger charge is 2.39. The van der Waals surface area contributed by atoms with Gasteiger partial charge < -0.3 is 25.0 Å². The smallest absolute Gasteiger partial charge is 0.488 e. The SMILES string of the molecule is COC1(COc2cccc3ccc(-c4nnc5ccccn45)nc23)CCNCC1.O=C(O)C(F)(F)F.O=C(O)C(F)(F)F. The first-order valence-electron chi connectivity index (χ1n) is 12.4. The lowest BCUT2D eigenvalue weighted by molar-refractivity contribution is -0.193. The van der Waals surface area contributed by atoms with Crippen molar-refractivity contribution in [1.29, 1.82) is 0 Å². The molecule has 0 amide bonds. The monoisotopic (exact) mass is 617 g/mol. The van der Waals surface area contributed by atoms with Crippen LogP contribution in [0.3, 0.4) is 0 Å². The first-order valence-corrected chi connectivity index (χ1v) is 12.4. The molecule has 0 aliphatic carbocycles. The molecular weight excluding hydrogens is 592 g/mol. The number of rotatable bonds is 5. The molecule has 1 aliphatic rings. The van der Waals surface area contributed by atoms with Crippen LogP contribution in [0.1, 0.15) is 12.8 Å². The Labute approximate surface area is 239 Å². The number of fused-ring (bicyclic) bond motifs is 2. The Bertz CT molecular complexity index is 1530. The molecule has 0 radical (unpaired) electrons. The number of para-hydroxylation sites is 1. The van der Waals surface area contributed by atoms with Gasteiger partial charge in [-0.2, -0.15) is 26.3 Å². The van der Waals surface area contributed by atoms with Gasteiger partial charge in [0.2, 0.25) is 0 Å². The highest BCUT2D eigenvalue weighted by molar-refractivity contribution is 5.86. The van der Waals surface area contributed by atoms with Gasteiger partial charge in [0.15, 0.2) is 11.5 Å². The molecule has 0 saturated carbocycles. The third kappa shape index (κ3) is 8.74. The van der Waals surface area contributed by atoms with Crippen LogP contribution in [0.2, 0.25) is 0 Å². The van der Waals surface area contributed by atoms with Gasteiger partial charge in [-0.15, -0.1) is 10.2 Å². The fraction of sp³-hybridized carbons (Fsp3) is 0.346. The van der Waals surface area contributed by atoms with E-state index >= 15 is 0 Å². The van der Waals surface area contributed by atoms with Gasteiger partial charge in [0.25, 0.3) is 0 Å². The van der Waals surface area contributed by atoms with E-state index in [1.165, 1.54) is 0 Å². The minimum atomic E-state index is -5.08. The van der Waals surface area contributed by atoms with E-state index in [0.29, 0.717) is 12.4 Å². The first kappa shape index (κ1) is 33.0. The third-order valence-electron chi connectivity index (χ3n) is 6.15. The number of aromatic nitrogens is 4. The second kappa shape index (κ2) is 13.6. The van der Waals surface area contributed by atoms with Gasteiger partial charge in [0, 0.05) is 18.7 Å². The number of carbonyl (C=O) groups is 2. The summed E-state index contributed by atoms with van der Waals surface area (Å²) in [7, 11) is 1.77. The zero-order chi connectivity index (χ0) is 31.8. The van der Waals surface area contributed by atoms with Crippen molar-refractivity contribution in [2.24, 2.45) is 0 Å². The van der Waals surface area contributed by atoms with Gasteiger partial charge in [-0.05, 0) is 50.2 Å². The maximum absolute atomic E-state index is 10.6. The summed E-state index contributed by atoms with van der Waals surface area (Å²) < 4.78 is 77.5. The number of carboxylic acids is 2. The quantitative estimate of drug-likeness (QED) is 0.276. The summed E-state index contributed by atoms with van der Waals surface area (Å²) in [6.45, 7) is 2.38. The summed E-state index contributed by atoms with van der Waals surface area (Å²) in [5.41, 5.74) is 2.11. The van der Waals surface area contributed by atoms with Crippen molar-refractivity contribution in [3.63, 3.8) is 0 Å². The van der Waals surface area contributed by atoms with Crippen LogP contribution in [0.5, 0.6) is 5.75 Å². The number of hydrogen-bond acceptors (Lipinski definition) is 8. The highest BCUT2D eigenvalue weighted by atomic mass is 19.4. The summed E-state index contributed by atoms with van der Waals surface area (Å²) in [6.07, 6.45) is -6.37. The predicted octanol–water partition coefficient (Wildman–Crippen LogP) is 4.36. The van der Waals surface area contributed by atoms with E-state index < -0.39 is 24.3 Å². The number of aliphatic carboxylic acids is 2. The molecule has 0 atom stereocenters. The Morgan fingerprint density at radius 1 is 0.930 bits per heavy atom. The fourth-order valence-electron chi connectivity index (χ4n) is 3.88. The third-order valence-corrected chi connectivity index (χ3v) is 6.15. The summed E-state index contributed by atoms with van der Waals surface area (Å²) in [5.74, 6) is -4.04. The molecule has 0 unspecified atom stereocenters. The van der Waals surface area contributed by atoms with E-state index in [1.54, 1.807) is 7.11 Å². The van der Waals surface area contributed by atoms with Gasteiger partial charge in [0.1, 0.15) is 29.2 Å². The van der Waals surface area contributed by atoms with Crippen LogP contribution in [-0.4, -0.2) is 86.5 Å². The number of nitrogens with zero attached hydrogens (tertiary/aromatic N) is 4. The van der Waals surface area contributed by atoms with Crippen LogP contribution in [0.4, 0.5) is 26.3 Å². The number of carboxylic acid groups (broad SMARTS) is 2. The van der Waals surface area contributed by atoms with Crippen LogP contribution in [0.15, 0.2) is 54.7 Å².